The summed E-state index contributed by atoms with van der Waals surface area (Å²) in [6.45, 7) is 2.11. The van der Waals surface area contributed by atoms with Crippen molar-refractivity contribution in [3.05, 3.63) is 0 Å². The third-order valence-corrected chi connectivity index (χ3v) is 3.84. The van der Waals surface area contributed by atoms with Crippen LogP contribution in [-0.4, -0.2) is 33.3 Å². The van der Waals surface area contributed by atoms with Crippen LogP contribution in [0, 0.1) is 0 Å². The molecule has 1 rings (SSSR count). The Morgan fingerprint density at radius 2 is 2.55 bits per heavy atom. The molecule has 11 heavy (non-hydrogen) atoms. The van der Waals surface area contributed by atoms with Crippen LogP contribution in [0.4, 0.5) is 0 Å². The van der Waals surface area contributed by atoms with Crippen LogP contribution >= 0.6 is 36.6 Å². The molecular weight excluding hydrogens is 194 g/mol. The Labute approximate surface area is 83.3 Å². The van der Waals surface area contributed by atoms with E-state index in [4.69, 9.17) is 12.2 Å². The van der Waals surface area contributed by atoms with Crippen molar-refractivity contribution in [3.63, 3.8) is 0 Å². The van der Waals surface area contributed by atoms with Crippen molar-refractivity contribution in [3.8, 4) is 0 Å². The lowest BCUT2D eigenvalue weighted by atomic mass is 10.3. The summed E-state index contributed by atoms with van der Waals surface area (Å²) in [5.74, 6) is 3.18. The minimum atomic E-state index is 0.579. The van der Waals surface area contributed by atoms with Crippen LogP contribution in [0.15, 0.2) is 0 Å². The quantitative estimate of drug-likeness (QED) is 0.545. The van der Waals surface area contributed by atoms with E-state index in [0.717, 1.165) is 23.0 Å². The van der Waals surface area contributed by atoms with Gasteiger partial charge in [-0.1, -0.05) is 19.1 Å². The number of nitrogens with zero attached hydrogens (tertiary/aromatic N) is 1. The van der Waals surface area contributed by atoms with Gasteiger partial charge >= 0.3 is 0 Å². The van der Waals surface area contributed by atoms with Gasteiger partial charge in [0.05, 0.1) is 10.9 Å². The second kappa shape index (κ2) is 4.58. The van der Waals surface area contributed by atoms with Crippen LogP contribution in [0.1, 0.15) is 13.3 Å². The van der Waals surface area contributed by atoms with Gasteiger partial charge < -0.3 is 4.90 Å². The first-order valence-electron chi connectivity index (χ1n) is 3.77. The van der Waals surface area contributed by atoms with Gasteiger partial charge in [0.2, 0.25) is 0 Å². The Hall–Kier alpha value is 0.590. The predicted molar refractivity (Wildman–Crippen MR) is 59.7 cm³/mol. The first-order chi connectivity index (χ1) is 5.29. The second-order valence-corrected chi connectivity index (χ2v) is 4.39. The molecule has 1 heterocycles. The van der Waals surface area contributed by atoms with Crippen molar-refractivity contribution < 1.29 is 0 Å². The molecule has 0 aromatic rings. The third-order valence-electron chi connectivity index (χ3n) is 1.81. The van der Waals surface area contributed by atoms with Crippen molar-refractivity contribution in [1.82, 2.24) is 4.90 Å². The molecule has 1 nitrogen and oxygen atoms in total. The molecule has 64 valence electrons. The summed E-state index contributed by atoms with van der Waals surface area (Å²) >= 11 is 11.5. The maximum Gasteiger partial charge on any atom is 0.0786 e. The molecule has 1 aliphatic heterocycles. The van der Waals surface area contributed by atoms with Crippen molar-refractivity contribution in [1.29, 1.82) is 0 Å². The zero-order chi connectivity index (χ0) is 8.27. The average molecular weight is 207 g/mol. The van der Waals surface area contributed by atoms with Crippen LogP contribution in [0.5, 0.6) is 0 Å². The number of thiol groups is 1. The van der Waals surface area contributed by atoms with E-state index in [2.05, 4.69) is 24.5 Å². The van der Waals surface area contributed by atoms with Gasteiger partial charge in [-0.25, -0.2) is 0 Å². The molecule has 0 aliphatic carbocycles. The molecule has 1 aliphatic rings. The Kier molecular flexibility index (Phi) is 4.02. The van der Waals surface area contributed by atoms with Crippen molar-refractivity contribution >= 4 is 41.6 Å². The molecule has 0 spiro atoms. The molecule has 4 heteroatoms. The van der Waals surface area contributed by atoms with E-state index in [1.807, 2.05) is 11.8 Å². The molecule has 1 unspecified atom stereocenters. The van der Waals surface area contributed by atoms with Crippen LogP contribution in [0.2, 0.25) is 0 Å². The molecule has 0 radical (unpaired) electrons. The van der Waals surface area contributed by atoms with E-state index in [0.29, 0.717) is 6.04 Å². The van der Waals surface area contributed by atoms with Crippen molar-refractivity contribution in [2.45, 2.75) is 19.4 Å². The van der Waals surface area contributed by atoms with Crippen molar-refractivity contribution in [2.75, 3.05) is 17.4 Å². The molecule has 0 bridgehead atoms. The number of thiocarbonyl (C=S) groups is 1. The molecular formula is C7H13NS3. The van der Waals surface area contributed by atoms with Gasteiger partial charge in [-0.2, -0.15) is 12.6 Å². The molecule has 1 fully saturated rings. The Morgan fingerprint density at radius 3 is 3.09 bits per heavy atom. The van der Waals surface area contributed by atoms with Gasteiger partial charge in [0, 0.05) is 17.5 Å². The lowest BCUT2D eigenvalue weighted by Gasteiger charge is -2.24. The number of hydrogen-bond acceptors (Lipinski definition) is 3. The minimum absolute atomic E-state index is 0.579. The highest BCUT2D eigenvalue weighted by molar-refractivity contribution is 7.99. The lowest BCUT2D eigenvalue weighted by Crippen LogP contribution is -2.36. The molecule has 0 amide bonds. The zero-order valence-electron chi connectivity index (χ0n) is 6.62. The SMILES string of the molecule is CCC(=S)N1CSCC1CS. The topological polar surface area (TPSA) is 3.24 Å². The predicted octanol–water partition coefficient (Wildman–Crippen LogP) is 2.03. The van der Waals surface area contributed by atoms with Crippen LogP contribution in [0.25, 0.3) is 0 Å². The van der Waals surface area contributed by atoms with Crippen LogP contribution in [-0.2, 0) is 0 Å². The standard InChI is InChI=1S/C7H13NS3/c1-2-7(10)8-5-11-4-6(8)3-9/h6,9H,2-5H2,1H3. The average Bonchev–Trinajstić information content (AvgIpc) is 2.50. The summed E-state index contributed by atoms with van der Waals surface area (Å²) in [5.41, 5.74) is 0. The molecule has 0 N–H and O–H groups in total. The molecule has 0 aromatic heterocycles. The van der Waals surface area contributed by atoms with Gasteiger partial charge in [-0.3, -0.25) is 0 Å². The van der Waals surface area contributed by atoms with E-state index in [1.165, 1.54) is 5.75 Å². The Balaban J connectivity index is 2.49. The fraction of sp³-hybridized carbons (Fsp3) is 0.857. The van der Waals surface area contributed by atoms with E-state index in [1.54, 1.807) is 0 Å². The normalized spacial score (nSPS) is 24.2. The van der Waals surface area contributed by atoms with E-state index < -0.39 is 0 Å². The van der Waals surface area contributed by atoms with Crippen molar-refractivity contribution in [2.24, 2.45) is 0 Å². The van der Waals surface area contributed by atoms with Crippen LogP contribution in [0.3, 0.4) is 0 Å². The monoisotopic (exact) mass is 207 g/mol. The first-order valence-corrected chi connectivity index (χ1v) is 5.97. The highest BCUT2D eigenvalue weighted by Gasteiger charge is 2.24. The highest BCUT2D eigenvalue weighted by Crippen LogP contribution is 2.22. The maximum absolute atomic E-state index is 5.24. The summed E-state index contributed by atoms with van der Waals surface area (Å²) < 4.78 is 0. The molecule has 1 atom stereocenters. The van der Waals surface area contributed by atoms with E-state index in [9.17, 15) is 0 Å². The van der Waals surface area contributed by atoms with Gasteiger partial charge in [0.25, 0.3) is 0 Å². The fourth-order valence-corrected chi connectivity index (χ4v) is 3.15. The molecule has 0 aromatic carbocycles. The Morgan fingerprint density at radius 1 is 1.82 bits per heavy atom. The van der Waals surface area contributed by atoms with Gasteiger partial charge in [0.15, 0.2) is 0 Å². The summed E-state index contributed by atoms with van der Waals surface area (Å²) in [4.78, 5) is 3.39. The zero-order valence-corrected chi connectivity index (χ0v) is 9.14. The fourth-order valence-electron chi connectivity index (χ4n) is 1.11. The first kappa shape index (κ1) is 9.68. The van der Waals surface area contributed by atoms with Gasteiger partial charge in [-0.05, 0) is 6.42 Å². The largest absolute Gasteiger partial charge is 0.352 e. The maximum atomic E-state index is 5.24. The minimum Gasteiger partial charge on any atom is -0.352 e. The lowest BCUT2D eigenvalue weighted by molar-refractivity contribution is 0.436. The third kappa shape index (κ3) is 2.26. The van der Waals surface area contributed by atoms with Gasteiger partial charge in [-0.15, -0.1) is 11.8 Å². The van der Waals surface area contributed by atoms with E-state index >= 15 is 0 Å². The Bertz CT molecular complexity index is 149. The smallest absolute Gasteiger partial charge is 0.0786 e. The second-order valence-electron chi connectivity index (χ2n) is 2.55. The summed E-state index contributed by atoms with van der Waals surface area (Å²) in [6.07, 6.45) is 0.986. The number of rotatable bonds is 2. The summed E-state index contributed by atoms with van der Waals surface area (Å²) in [7, 11) is 0. The molecule has 0 saturated carbocycles. The van der Waals surface area contributed by atoms with Crippen LogP contribution < -0.4 is 0 Å². The highest BCUT2D eigenvalue weighted by atomic mass is 32.2. The molecule has 1 saturated heterocycles. The number of hydrogen-bond donors (Lipinski definition) is 1. The number of thioether (sulfide) groups is 1. The van der Waals surface area contributed by atoms with E-state index in [-0.39, 0.29) is 0 Å². The van der Waals surface area contributed by atoms with Gasteiger partial charge in [0.1, 0.15) is 0 Å². The summed E-state index contributed by atoms with van der Waals surface area (Å²) in [5, 5.41) is 0. The summed E-state index contributed by atoms with van der Waals surface area (Å²) in [6, 6.07) is 0.579.